The molecule has 0 aliphatic carbocycles. The van der Waals surface area contributed by atoms with Crippen LogP contribution in [0.3, 0.4) is 0 Å². The van der Waals surface area contributed by atoms with Crippen molar-refractivity contribution in [2.45, 2.75) is 12.5 Å². The molecule has 4 rings (SSSR count). The first-order valence-corrected chi connectivity index (χ1v) is 9.17. The number of rotatable bonds is 4. The van der Waals surface area contributed by atoms with Crippen LogP contribution >= 0.6 is 0 Å². The molecule has 0 saturated carbocycles. The minimum Gasteiger partial charge on any atom is -0.322 e. The maximum absolute atomic E-state index is 13.7. The van der Waals surface area contributed by atoms with Crippen LogP contribution in [0.2, 0.25) is 0 Å². The number of carbonyl (C=O) groups excluding carboxylic acids is 3. The van der Waals surface area contributed by atoms with Gasteiger partial charge in [-0.15, -0.1) is 0 Å². The molecule has 4 amide bonds. The van der Waals surface area contributed by atoms with Crippen LogP contribution in [0.25, 0.3) is 10.8 Å². The average molecular weight is 409 g/mol. The van der Waals surface area contributed by atoms with Crippen LogP contribution in [-0.2, 0) is 15.1 Å². The Bertz CT molecular complexity index is 1190. The quantitative estimate of drug-likeness (QED) is 0.647. The van der Waals surface area contributed by atoms with Crippen LogP contribution in [-0.4, -0.2) is 29.3 Å². The number of nitrogens with zero attached hydrogens (tertiary/aromatic N) is 1. The van der Waals surface area contributed by atoms with Crippen molar-refractivity contribution in [2.24, 2.45) is 0 Å². The normalized spacial score (nSPS) is 18.6. The summed E-state index contributed by atoms with van der Waals surface area (Å²) >= 11 is 0. The molecule has 1 aliphatic heterocycles. The monoisotopic (exact) mass is 409 g/mol. The molecule has 2 N–H and O–H groups in total. The Morgan fingerprint density at radius 1 is 1.07 bits per heavy atom. The maximum Gasteiger partial charge on any atom is 0.325 e. The van der Waals surface area contributed by atoms with Gasteiger partial charge >= 0.3 is 6.03 Å². The van der Waals surface area contributed by atoms with Crippen LogP contribution in [0.5, 0.6) is 0 Å². The zero-order valence-corrected chi connectivity index (χ0v) is 15.9. The average Bonchev–Trinajstić information content (AvgIpc) is 2.94. The van der Waals surface area contributed by atoms with Crippen LogP contribution in [0.15, 0.2) is 60.7 Å². The minimum atomic E-state index is -1.37. The summed E-state index contributed by atoms with van der Waals surface area (Å²) in [5.74, 6) is -3.00. The Morgan fingerprint density at radius 3 is 2.60 bits per heavy atom. The summed E-state index contributed by atoms with van der Waals surface area (Å²) in [4.78, 5) is 38.7. The van der Waals surface area contributed by atoms with Crippen LogP contribution in [0.4, 0.5) is 19.3 Å². The molecule has 0 aromatic heterocycles. The van der Waals surface area contributed by atoms with Crippen molar-refractivity contribution < 1.29 is 23.2 Å². The first-order chi connectivity index (χ1) is 14.3. The number of carbonyl (C=O) groups is 3. The van der Waals surface area contributed by atoms with Crippen LogP contribution in [0.1, 0.15) is 12.5 Å². The lowest BCUT2D eigenvalue weighted by atomic mass is 9.88. The summed E-state index contributed by atoms with van der Waals surface area (Å²) in [6.07, 6.45) is 0. The molecular formula is C22H17F2N3O3. The van der Waals surface area contributed by atoms with Crippen molar-refractivity contribution in [3.63, 3.8) is 0 Å². The zero-order chi connectivity index (χ0) is 21.5. The standard InChI is InChI=1S/C22H17F2N3O3/c1-22(16-8-4-6-13-5-2-3-7-15(13)16)20(29)27(21(30)26-22)12-19(28)25-18-11-14(23)9-10-17(18)24/h2-11H,12H2,1H3,(H,25,28)(H,26,30). The second kappa shape index (κ2) is 7.22. The first-order valence-electron chi connectivity index (χ1n) is 9.17. The summed E-state index contributed by atoms with van der Waals surface area (Å²) in [5.41, 5.74) is -1.15. The van der Waals surface area contributed by atoms with Gasteiger partial charge in [-0.1, -0.05) is 42.5 Å². The van der Waals surface area contributed by atoms with Gasteiger partial charge in [0.1, 0.15) is 23.7 Å². The van der Waals surface area contributed by atoms with Gasteiger partial charge in [-0.3, -0.25) is 14.5 Å². The predicted octanol–water partition coefficient (Wildman–Crippen LogP) is 3.52. The lowest BCUT2D eigenvalue weighted by molar-refractivity contribution is -0.133. The molecule has 0 radical (unpaired) electrons. The number of anilines is 1. The smallest absolute Gasteiger partial charge is 0.322 e. The van der Waals surface area contributed by atoms with Crippen LogP contribution < -0.4 is 10.6 Å². The van der Waals surface area contributed by atoms with E-state index in [9.17, 15) is 23.2 Å². The summed E-state index contributed by atoms with van der Waals surface area (Å²) in [7, 11) is 0. The number of imide groups is 1. The second-order valence-electron chi connectivity index (χ2n) is 7.15. The van der Waals surface area contributed by atoms with Gasteiger partial charge < -0.3 is 10.6 Å². The number of urea groups is 1. The van der Waals surface area contributed by atoms with Gasteiger partial charge in [-0.2, -0.15) is 0 Å². The molecule has 1 atom stereocenters. The van der Waals surface area contributed by atoms with Crippen molar-refractivity contribution in [1.29, 1.82) is 0 Å². The highest BCUT2D eigenvalue weighted by Gasteiger charge is 2.50. The topological polar surface area (TPSA) is 78.5 Å². The maximum atomic E-state index is 13.7. The van der Waals surface area contributed by atoms with Crippen molar-refractivity contribution in [1.82, 2.24) is 10.2 Å². The molecule has 30 heavy (non-hydrogen) atoms. The van der Waals surface area contributed by atoms with E-state index in [-0.39, 0.29) is 5.69 Å². The van der Waals surface area contributed by atoms with Crippen molar-refractivity contribution >= 4 is 34.3 Å². The third-order valence-electron chi connectivity index (χ3n) is 5.11. The van der Waals surface area contributed by atoms with E-state index in [0.717, 1.165) is 33.9 Å². The molecule has 6 nitrogen and oxygen atoms in total. The lowest BCUT2D eigenvalue weighted by Gasteiger charge is -2.24. The SMILES string of the molecule is CC1(c2cccc3ccccc23)NC(=O)N(CC(=O)Nc2cc(F)ccc2F)C1=O. The number of benzene rings is 3. The minimum absolute atomic E-state index is 0.371. The fraction of sp³-hybridized carbons (Fsp3) is 0.136. The van der Waals surface area contributed by atoms with Gasteiger partial charge in [-0.25, -0.2) is 13.6 Å². The van der Waals surface area contributed by atoms with Gasteiger partial charge in [0.2, 0.25) is 5.91 Å². The van der Waals surface area contributed by atoms with Crippen molar-refractivity contribution in [3.05, 3.63) is 77.9 Å². The molecule has 1 saturated heterocycles. The highest BCUT2D eigenvalue weighted by atomic mass is 19.1. The predicted molar refractivity (Wildman–Crippen MR) is 107 cm³/mol. The lowest BCUT2D eigenvalue weighted by Crippen LogP contribution is -2.42. The van der Waals surface area contributed by atoms with E-state index in [0.29, 0.717) is 5.56 Å². The molecular weight excluding hydrogens is 392 g/mol. The van der Waals surface area contributed by atoms with E-state index in [1.165, 1.54) is 0 Å². The van der Waals surface area contributed by atoms with E-state index in [4.69, 9.17) is 0 Å². The Balaban J connectivity index is 1.59. The Morgan fingerprint density at radius 2 is 1.80 bits per heavy atom. The number of amides is 4. The van der Waals surface area contributed by atoms with Gasteiger partial charge in [0.25, 0.3) is 5.91 Å². The van der Waals surface area contributed by atoms with Gasteiger partial charge in [0.15, 0.2) is 0 Å². The molecule has 1 unspecified atom stereocenters. The third kappa shape index (κ3) is 3.26. The summed E-state index contributed by atoms with van der Waals surface area (Å²) in [6.45, 7) is 0.931. The number of hydrogen-bond donors (Lipinski definition) is 2. The molecule has 1 fully saturated rings. The third-order valence-corrected chi connectivity index (χ3v) is 5.11. The highest BCUT2D eigenvalue weighted by Crippen LogP contribution is 2.33. The first kappa shape index (κ1) is 19.5. The Kier molecular flexibility index (Phi) is 4.69. The number of halogens is 2. The molecule has 3 aromatic carbocycles. The number of hydrogen-bond acceptors (Lipinski definition) is 3. The number of nitrogens with one attached hydrogen (secondary N) is 2. The van der Waals surface area contributed by atoms with E-state index in [1.54, 1.807) is 19.1 Å². The van der Waals surface area contributed by atoms with Gasteiger partial charge in [0.05, 0.1) is 5.69 Å². The summed E-state index contributed by atoms with van der Waals surface area (Å²) in [5, 5.41) is 6.53. The largest absolute Gasteiger partial charge is 0.325 e. The Hall–Kier alpha value is -3.81. The van der Waals surface area contributed by atoms with Crippen molar-refractivity contribution in [2.75, 3.05) is 11.9 Å². The van der Waals surface area contributed by atoms with E-state index >= 15 is 0 Å². The fourth-order valence-corrected chi connectivity index (χ4v) is 3.61. The highest BCUT2D eigenvalue weighted by molar-refractivity contribution is 6.11. The second-order valence-corrected chi connectivity index (χ2v) is 7.15. The van der Waals surface area contributed by atoms with Crippen molar-refractivity contribution in [3.8, 4) is 0 Å². The molecule has 1 aliphatic rings. The van der Waals surface area contributed by atoms with Gasteiger partial charge in [-0.05, 0) is 35.4 Å². The summed E-state index contributed by atoms with van der Waals surface area (Å²) in [6, 6.07) is 14.7. The molecule has 152 valence electrons. The van der Waals surface area contributed by atoms with Crippen LogP contribution in [0, 0.1) is 11.6 Å². The molecule has 0 spiro atoms. The van der Waals surface area contributed by atoms with E-state index in [1.807, 2.05) is 30.3 Å². The van der Waals surface area contributed by atoms with E-state index < -0.39 is 41.6 Å². The fourth-order valence-electron chi connectivity index (χ4n) is 3.61. The molecule has 1 heterocycles. The molecule has 0 bridgehead atoms. The van der Waals surface area contributed by atoms with E-state index in [2.05, 4.69) is 10.6 Å². The molecule has 3 aromatic rings. The molecule has 8 heteroatoms. The zero-order valence-electron chi connectivity index (χ0n) is 15.9. The summed E-state index contributed by atoms with van der Waals surface area (Å²) < 4.78 is 27.0. The Labute approximate surface area is 170 Å². The van der Waals surface area contributed by atoms with Gasteiger partial charge in [0, 0.05) is 6.07 Å². The number of fused-ring (bicyclic) bond motifs is 1.